The van der Waals surface area contributed by atoms with Crippen molar-refractivity contribution in [2.75, 3.05) is 0 Å². The SMILES string of the molecule is O=C(c1ccccc1)c1ccc2ccc(O)cc2c1. The molecule has 0 amide bonds. The minimum absolute atomic E-state index is 0.00848. The Morgan fingerprint density at radius 2 is 1.47 bits per heavy atom. The third-order valence-corrected chi connectivity index (χ3v) is 3.12. The highest BCUT2D eigenvalue weighted by Crippen LogP contribution is 2.22. The smallest absolute Gasteiger partial charge is 0.193 e. The van der Waals surface area contributed by atoms with Crippen molar-refractivity contribution in [3.63, 3.8) is 0 Å². The fraction of sp³-hybridized carbons (Fsp3) is 0. The fourth-order valence-corrected chi connectivity index (χ4v) is 2.13. The quantitative estimate of drug-likeness (QED) is 0.701. The van der Waals surface area contributed by atoms with Gasteiger partial charge in [-0.15, -0.1) is 0 Å². The summed E-state index contributed by atoms with van der Waals surface area (Å²) in [6, 6.07) is 19.8. The molecule has 2 heteroatoms. The number of hydrogen-bond acceptors (Lipinski definition) is 2. The van der Waals surface area contributed by atoms with Gasteiger partial charge in [-0.2, -0.15) is 0 Å². The van der Waals surface area contributed by atoms with Gasteiger partial charge < -0.3 is 5.11 Å². The number of carbonyl (C=O) groups is 1. The molecule has 0 bridgehead atoms. The highest BCUT2D eigenvalue weighted by Gasteiger charge is 2.09. The first-order valence-corrected chi connectivity index (χ1v) is 6.06. The zero-order valence-corrected chi connectivity index (χ0v) is 10.2. The molecule has 0 fully saturated rings. The molecule has 3 rings (SSSR count). The van der Waals surface area contributed by atoms with Crippen molar-refractivity contribution in [3.05, 3.63) is 77.9 Å². The molecule has 0 radical (unpaired) electrons. The van der Waals surface area contributed by atoms with Crippen LogP contribution in [0.25, 0.3) is 10.8 Å². The van der Waals surface area contributed by atoms with E-state index in [9.17, 15) is 9.90 Å². The van der Waals surface area contributed by atoms with E-state index in [1.165, 1.54) is 0 Å². The summed E-state index contributed by atoms with van der Waals surface area (Å²) >= 11 is 0. The number of phenolic OH excluding ortho intramolecular Hbond substituents is 1. The van der Waals surface area contributed by atoms with Gasteiger partial charge in [0.1, 0.15) is 5.75 Å². The first kappa shape index (κ1) is 11.5. The molecule has 0 aromatic heterocycles. The molecule has 0 aliphatic rings. The highest BCUT2D eigenvalue weighted by atomic mass is 16.3. The minimum Gasteiger partial charge on any atom is -0.508 e. The van der Waals surface area contributed by atoms with Crippen LogP contribution >= 0.6 is 0 Å². The molecule has 0 spiro atoms. The lowest BCUT2D eigenvalue weighted by molar-refractivity contribution is 0.103. The molecule has 3 aromatic carbocycles. The Hall–Kier alpha value is -2.61. The molecule has 19 heavy (non-hydrogen) atoms. The van der Waals surface area contributed by atoms with Crippen molar-refractivity contribution in [1.82, 2.24) is 0 Å². The molecule has 3 aromatic rings. The topological polar surface area (TPSA) is 37.3 Å². The number of phenols is 1. The maximum absolute atomic E-state index is 12.3. The van der Waals surface area contributed by atoms with E-state index in [0.717, 1.165) is 10.8 Å². The lowest BCUT2D eigenvalue weighted by Gasteiger charge is -2.04. The third kappa shape index (κ3) is 2.20. The zero-order chi connectivity index (χ0) is 13.2. The van der Waals surface area contributed by atoms with Crippen molar-refractivity contribution in [3.8, 4) is 5.75 Å². The van der Waals surface area contributed by atoms with Gasteiger partial charge in [-0.1, -0.05) is 48.5 Å². The van der Waals surface area contributed by atoms with Crippen LogP contribution in [0.3, 0.4) is 0 Å². The molecule has 0 aliphatic heterocycles. The summed E-state index contributed by atoms with van der Waals surface area (Å²) in [5, 5.41) is 11.4. The van der Waals surface area contributed by atoms with Crippen molar-refractivity contribution < 1.29 is 9.90 Å². The van der Waals surface area contributed by atoms with Crippen LogP contribution in [0.1, 0.15) is 15.9 Å². The van der Waals surface area contributed by atoms with Crippen molar-refractivity contribution in [1.29, 1.82) is 0 Å². The number of rotatable bonds is 2. The van der Waals surface area contributed by atoms with E-state index in [-0.39, 0.29) is 11.5 Å². The summed E-state index contributed by atoms with van der Waals surface area (Å²) < 4.78 is 0. The van der Waals surface area contributed by atoms with E-state index in [4.69, 9.17) is 0 Å². The van der Waals surface area contributed by atoms with Crippen LogP contribution in [0.5, 0.6) is 5.75 Å². The number of benzene rings is 3. The summed E-state index contributed by atoms with van der Waals surface area (Å²) in [6.07, 6.45) is 0. The van der Waals surface area contributed by atoms with Crippen LogP contribution in [-0.2, 0) is 0 Å². The standard InChI is InChI=1S/C17H12O2/c18-16-9-8-12-6-7-14(10-15(12)11-16)17(19)13-4-2-1-3-5-13/h1-11,18H. The first-order valence-electron chi connectivity index (χ1n) is 6.06. The van der Waals surface area contributed by atoms with Crippen LogP contribution in [0.2, 0.25) is 0 Å². The second-order valence-electron chi connectivity index (χ2n) is 4.44. The van der Waals surface area contributed by atoms with Crippen LogP contribution in [-0.4, -0.2) is 10.9 Å². The van der Waals surface area contributed by atoms with Gasteiger partial charge >= 0.3 is 0 Å². The van der Waals surface area contributed by atoms with E-state index in [1.807, 2.05) is 42.5 Å². The lowest BCUT2D eigenvalue weighted by Crippen LogP contribution is -2.00. The summed E-state index contributed by atoms with van der Waals surface area (Å²) in [5.74, 6) is 0.197. The van der Waals surface area contributed by atoms with Crippen LogP contribution in [0.4, 0.5) is 0 Å². The molecule has 0 heterocycles. The molecule has 0 atom stereocenters. The maximum atomic E-state index is 12.3. The lowest BCUT2D eigenvalue weighted by atomic mass is 10.00. The number of fused-ring (bicyclic) bond motifs is 1. The van der Waals surface area contributed by atoms with E-state index in [0.29, 0.717) is 11.1 Å². The van der Waals surface area contributed by atoms with Crippen LogP contribution < -0.4 is 0 Å². The Morgan fingerprint density at radius 1 is 0.737 bits per heavy atom. The second-order valence-corrected chi connectivity index (χ2v) is 4.44. The predicted molar refractivity (Wildman–Crippen MR) is 75.5 cm³/mol. The highest BCUT2D eigenvalue weighted by molar-refractivity contribution is 6.10. The second kappa shape index (κ2) is 4.58. The average Bonchev–Trinajstić information content (AvgIpc) is 2.46. The van der Waals surface area contributed by atoms with Crippen molar-refractivity contribution in [2.24, 2.45) is 0 Å². The van der Waals surface area contributed by atoms with Crippen LogP contribution in [0, 0.1) is 0 Å². The Bertz CT molecular complexity index is 746. The fourth-order valence-electron chi connectivity index (χ4n) is 2.13. The predicted octanol–water partition coefficient (Wildman–Crippen LogP) is 3.78. The number of ketones is 1. The van der Waals surface area contributed by atoms with Crippen molar-refractivity contribution in [2.45, 2.75) is 0 Å². The third-order valence-electron chi connectivity index (χ3n) is 3.12. The molecular weight excluding hydrogens is 236 g/mol. The number of aromatic hydroxyl groups is 1. The summed E-state index contributed by atoms with van der Waals surface area (Å²) in [7, 11) is 0. The molecule has 1 N–H and O–H groups in total. The summed E-state index contributed by atoms with van der Waals surface area (Å²) in [6.45, 7) is 0. The molecule has 0 unspecified atom stereocenters. The van der Waals surface area contributed by atoms with Crippen LogP contribution in [0.15, 0.2) is 66.7 Å². The molecule has 0 saturated carbocycles. The molecule has 0 aliphatic carbocycles. The largest absolute Gasteiger partial charge is 0.508 e. The Labute approximate surface area is 110 Å². The minimum atomic E-state index is -0.00848. The van der Waals surface area contributed by atoms with Gasteiger partial charge in [-0.25, -0.2) is 0 Å². The Morgan fingerprint density at radius 3 is 2.26 bits per heavy atom. The van der Waals surface area contributed by atoms with E-state index < -0.39 is 0 Å². The number of hydrogen-bond donors (Lipinski definition) is 1. The van der Waals surface area contributed by atoms with Crippen molar-refractivity contribution >= 4 is 16.6 Å². The van der Waals surface area contributed by atoms with Gasteiger partial charge in [0.25, 0.3) is 0 Å². The normalized spacial score (nSPS) is 10.5. The maximum Gasteiger partial charge on any atom is 0.193 e. The molecule has 2 nitrogen and oxygen atoms in total. The molecular formula is C17H12O2. The Kier molecular flexibility index (Phi) is 2.76. The zero-order valence-electron chi connectivity index (χ0n) is 10.2. The van der Waals surface area contributed by atoms with E-state index in [1.54, 1.807) is 24.3 Å². The molecule has 92 valence electrons. The van der Waals surface area contributed by atoms with Gasteiger partial charge in [0.2, 0.25) is 0 Å². The number of carbonyl (C=O) groups excluding carboxylic acids is 1. The van der Waals surface area contributed by atoms with E-state index in [2.05, 4.69) is 0 Å². The average molecular weight is 248 g/mol. The van der Waals surface area contributed by atoms with Gasteiger partial charge in [-0.3, -0.25) is 4.79 Å². The van der Waals surface area contributed by atoms with Gasteiger partial charge in [0.15, 0.2) is 5.78 Å². The van der Waals surface area contributed by atoms with Gasteiger partial charge in [-0.05, 0) is 29.0 Å². The van der Waals surface area contributed by atoms with Gasteiger partial charge in [0, 0.05) is 11.1 Å². The first-order chi connectivity index (χ1) is 9.24. The monoisotopic (exact) mass is 248 g/mol. The summed E-state index contributed by atoms with van der Waals surface area (Å²) in [4.78, 5) is 12.3. The molecule has 0 saturated heterocycles. The summed E-state index contributed by atoms with van der Waals surface area (Å²) in [5.41, 5.74) is 1.30. The van der Waals surface area contributed by atoms with Gasteiger partial charge in [0.05, 0.1) is 0 Å². The Balaban J connectivity index is 2.08. The van der Waals surface area contributed by atoms with E-state index >= 15 is 0 Å².